The van der Waals surface area contributed by atoms with E-state index in [1.807, 2.05) is 0 Å². The largest absolute Gasteiger partial charge is 0.322 e. The van der Waals surface area contributed by atoms with Crippen molar-refractivity contribution in [3.63, 3.8) is 0 Å². The Morgan fingerprint density at radius 3 is 1.92 bits per heavy atom. The van der Waals surface area contributed by atoms with E-state index in [0.29, 0.717) is 6.07 Å². The summed E-state index contributed by atoms with van der Waals surface area (Å²) in [5.74, 6) is -0.913. The first-order chi connectivity index (χ1) is 11.7. The molecule has 0 atom stereocenters. The second-order valence-electron chi connectivity index (χ2n) is 4.63. The first-order valence-electron chi connectivity index (χ1n) is 6.38. The number of nitro groups is 3. The number of nitrogens with one attached hydrogen (secondary N) is 1. The summed E-state index contributed by atoms with van der Waals surface area (Å²) >= 11 is 5.65. The Morgan fingerprint density at radius 2 is 1.44 bits per heavy atom. The minimum absolute atomic E-state index is 0.00439. The van der Waals surface area contributed by atoms with Crippen LogP contribution in [0.2, 0.25) is 5.02 Å². The topological polar surface area (TPSA) is 159 Å². The highest BCUT2D eigenvalue weighted by Crippen LogP contribution is 2.28. The highest BCUT2D eigenvalue weighted by Gasteiger charge is 2.21. The molecule has 0 aliphatic carbocycles. The van der Waals surface area contributed by atoms with Gasteiger partial charge in [-0.1, -0.05) is 11.6 Å². The van der Waals surface area contributed by atoms with Crippen LogP contribution in [-0.2, 0) is 0 Å². The normalized spacial score (nSPS) is 10.1. The fraction of sp³-hybridized carbons (Fsp3) is 0. The van der Waals surface area contributed by atoms with Crippen molar-refractivity contribution in [1.82, 2.24) is 0 Å². The van der Waals surface area contributed by atoms with Crippen molar-refractivity contribution in [3.05, 3.63) is 77.3 Å². The monoisotopic (exact) mass is 366 g/mol. The van der Waals surface area contributed by atoms with E-state index in [-0.39, 0.29) is 16.3 Å². The SMILES string of the molecule is O=C(Nc1ccc(Cl)c([N+](=O)[O-])c1)c1cc([N+](=O)[O-])cc([N+](=O)[O-])c1. The Labute approximate surface area is 143 Å². The number of hydrogen-bond donors (Lipinski definition) is 1. The molecule has 25 heavy (non-hydrogen) atoms. The van der Waals surface area contributed by atoms with Crippen LogP contribution in [0, 0.1) is 30.3 Å². The Balaban J connectivity index is 2.38. The zero-order valence-electron chi connectivity index (χ0n) is 12.0. The lowest BCUT2D eigenvalue weighted by Crippen LogP contribution is -2.13. The molecule has 1 N–H and O–H groups in total. The molecule has 12 heteroatoms. The van der Waals surface area contributed by atoms with Crippen molar-refractivity contribution in [2.24, 2.45) is 0 Å². The molecule has 0 unspecified atom stereocenters. The Kier molecular flexibility index (Phi) is 4.89. The fourth-order valence-electron chi connectivity index (χ4n) is 1.87. The number of non-ortho nitro benzene ring substituents is 2. The highest BCUT2D eigenvalue weighted by molar-refractivity contribution is 6.32. The molecule has 0 radical (unpaired) electrons. The number of nitrogens with zero attached hydrogens (tertiary/aromatic N) is 3. The number of amides is 1. The van der Waals surface area contributed by atoms with Gasteiger partial charge in [-0.2, -0.15) is 0 Å². The van der Waals surface area contributed by atoms with Gasteiger partial charge in [-0.25, -0.2) is 0 Å². The third kappa shape index (κ3) is 4.03. The molecule has 2 aromatic rings. The molecule has 11 nitrogen and oxygen atoms in total. The third-order valence-corrected chi connectivity index (χ3v) is 3.31. The van der Waals surface area contributed by atoms with E-state index in [9.17, 15) is 35.1 Å². The van der Waals surface area contributed by atoms with E-state index < -0.39 is 37.7 Å². The molecule has 2 rings (SSSR count). The van der Waals surface area contributed by atoms with Crippen LogP contribution in [0.4, 0.5) is 22.7 Å². The number of benzene rings is 2. The third-order valence-electron chi connectivity index (χ3n) is 2.99. The Bertz CT molecular complexity index is 883. The predicted molar refractivity (Wildman–Crippen MR) is 85.8 cm³/mol. The van der Waals surface area contributed by atoms with Crippen LogP contribution in [0.3, 0.4) is 0 Å². The molecule has 0 saturated carbocycles. The van der Waals surface area contributed by atoms with Gasteiger partial charge in [-0.05, 0) is 12.1 Å². The average Bonchev–Trinajstić information content (AvgIpc) is 2.55. The van der Waals surface area contributed by atoms with E-state index in [4.69, 9.17) is 11.6 Å². The van der Waals surface area contributed by atoms with Crippen LogP contribution in [0.25, 0.3) is 0 Å². The van der Waals surface area contributed by atoms with Gasteiger partial charge in [0.25, 0.3) is 23.0 Å². The summed E-state index contributed by atoms with van der Waals surface area (Å²) < 4.78 is 0. The number of hydrogen-bond acceptors (Lipinski definition) is 7. The molecule has 0 saturated heterocycles. The van der Waals surface area contributed by atoms with E-state index in [1.165, 1.54) is 12.1 Å². The minimum Gasteiger partial charge on any atom is -0.322 e. The molecule has 0 spiro atoms. The Morgan fingerprint density at radius 1 is 0.880 bits per heavy atom. The van der Waals surface area contributed by atoms with Crippen LogP contribution in [0.5, 0.6) is 0 Å². The van der Waals surface area contributed by atoms with E-state index in [0.717, 1.165) is 18.2 Å². The smallest absolute Gasteiger partial charge is 0.289 e. The summed E-state index contributed by atoms with van der Waals surface area (Å²) in [6, 6.07) is 5.87. The first-order valence-corrected chi connectivity index (χ1v) is 6.76. The van der Waals surface area contributed by atoms with Gasteiger partial charge in [0.05, 0.1) is 26.4 Å². The summed E-state index contributed by atoms with van der Waals surface area (Å²) in [4.78, 5) is 42.1. The molecule has 0 bridgehead atoms. The standard InChI is InChI=1S/C13H7ClN4O7/c14-11-2-1-8(5-12(11)18(24)25)15-13(19)7-3-9(16(20)21)6-10(4-7)17(22)23/h1-6H,(H,15,19). The van der Waals surface area contributed by atoms with Crippen LogP contribution in [0.1, 0.15) is 10.4 Å². The van der Waals surface area contributed by atoms with Crippen molar-refractivity contribution in [2.75, 3.05) is 5.32 Å². The highest BCUT2D eigenvalue weighted by atomic mass is 35.5. The molecule has 2 aromatic carbocycles. The molecule has 0 aliphatic rings. The molecule has 0 aromatic heterocycles. The van der Waals surface area contributed by atoms with E-state index in [1.54, 1.807) is 0 Å². The maximum absolute atomic E-state index is 12.2. The van der Waals surface area contributed by atoms with Gasteiger partial charge in [0, 0.05) is 23.9 Å². The van der Waals surface area contributed by atoms with E-state index >= 15 is 0 Å². The minimum atomic E-state index is -0.913. The lowest BCUT2D eigenvalue weighted by molar-refractivity contribution is -0.394. The summed E-state index contributed by atoms with van der Waals surface area (Å²) in [5.41, 5.74) is -2.08. The second-order valence-corrected chi connectivity index (χ2v) is 5.04. The molecular weight excluding hydrogens is 360 g/mol. The number of nitro benzene ring substituents is 3. The average molecular weight is 367 g/mol. The molecule has 0 heterocycles. The van der Waals surface area contributed by atoms with Gasteiger partial charge in [0.2, 0.25) is 0 Å². The number of carbonyl (C=O) groups excluding carboxylic acids is 1. The lowest BCUT2D eigenvalue weighted by Gasteiger charge is -2.06. The number of anilines is 1. The summed E-state index contributed by atoms with van der Waals surface area (Å²) in [6.07, 6.45) is 0. The van der Waals surface area contributed by atoms with Gasteiger partial charge < -0.3 is 5.32 Å². The van der Waals surface area contributed by atoms with Crippen LogP contribution < -0.4 is 5.32 Å². The van der Waals surface area contributed by atoms with Crippen molar-refractivity contribution >= 4 is 40.3 Å². The van der Waals surface area contributed by atoms with Gasteiger partial charge >= 0.3 is 0 Å². The molecule has 128 valence electrons. The fourth-order valence-corrected chi connectivity index (χ4v) is 2.06. The van der Waals surface area contributed by atoms with Crippen LogP contribution in [0.15, 0.2) is 36.4 Å². The zero-order valence-corrected chi connectivity index (χ0v) is 12.8. The Hall–Kier alpha value is -3.60. The van der Waals surface area contributed by atoms with E-state index in [2.05, 4.69) is 5.32 Å². The van der Waals surface area contributed by atoms with Gasteiger partial charge in [-0.3, -0.25) is 35.1 Å². The maximum atomic E-state index is 12.2. The first kappa shape index (κ1) is 17.7. The quantitative estimate of drug-likeness (QED) is 0.627. The van der Waals surface area contributed by atoms with Gasteiger partial charge in [0.1, 0.15) is 5.02 Å². The van der Waals surface area contributed by atoms with Crippen molar-refractivity contribution < 1.29 is 19.6 Å². The molecule has 1 amide bonds. The van der Waals surface area contributed by atoms with Crippen molar-refractivity contribution in [1.29, 1.82) is 0 Å². The van der Waals surface area contributed by atoms with Gasteiger partial charge in [0.15, 0.2) is 0 Å². The van der Waals surface area contributed by atoms with Crippen molar-refractivity contribution in [2.45, 2.75) is 0 Å². The maximum Gasteiger partial charge on any atom is 0.289 e. The van der Waals surface area contributed by atoms with Gasteiger partial charge in [-0.15, -0.1) is 0 Å². The van der Waals surface area contributed by atoms with Crippen LogP contribution >= 0.6 is 11.6 Å². The number of rotatable bonds is 5. The zero-order chi connectivity index (χ0) is 18.7. The number of halogens is 1. The molecule has 0 aliphatic heterocycles. The van der Waals surface area contributed by atoms with Crippen molar-refractivity contribution in [3.8, 4) is 0 Å². The summed E-state index contributed by atoms with van der Waals surface area (Å²) in [6.45, 7) is 0. The summed E-state index contributed by atoms with van der Waals surface area (Å²) in [7, 11) is 0. The summed E-state index contributed by atoms with van der Waals surface area (Å²) in [5, 5.41) is 34.6. The second kappa shape index (κ2) is 6.88. The lowest BCUT2D eigenvalue weighted by atomic mass is 10.1. The number of carbonyl (C=O) groups is 1. The predicted octanol–water partition coefficient (Wildman–Crippen LogP) is 3.32. The molecule has 0 fully saturated rings. The van der Waals surface area contributed by atoms with Crippen LogP contribution in [-0.4, -0.2) is 20.7 Å². The molecular formula is C13H7ClN4O7.